The normalized spacial score (nSPS) is 10.6. The third kappa shape index (κ3) is 4.20. The van der Waals surface area contributed by atoms with Crippen molar-refractivity contribution in [1.29, 1.82) is 0 Å². The molecular formula is C18H17FN4O3S. The van der Waals surface area contributed by atoms with Crippen LogP contribution >= 0.6 is 11.3 Å². The summed E-state index contributed by atoms with van der Waals surface area (Å²) in [6.07, 6.45) is 1.43. The molecule has 0 atom stereocenters. The van der Waals surface area contributed by atoms with Crippen molar-refractivity contribution in [2.45, 2.75) is 20.3 Å². The Kier molecular flexibility index (Phi) is 5.60. The van der Waals surface area contributed by atoms with Gasteiger partial charge in [0.2, 0.25) is 5.91 Å². The van der Waals surface area contributed by atoms with Crippen LogP contribution in [0.15, 0.2) is 30.6 Å². The van der Waals surface area contributed by atoms with E-state index in [4.69, 9.17) is 4.74 Å². The molecule has 0 unspecified atom stereocenters. The number of amides is 1. The fourth-order valence-corrected chi connectivity index (χ4v) is 3.56. The van der Waals surface area contributed by atoms with Crippen molar-refractivity contribution in [3.05, 3.63) is 52.4 Å². The Morgan fingerprint density at radius 2 is 1.96 bits per heavy atom. The number of carbonyl (C=O) groups excluding carboxylic acids is 2. The number of rotatable bonds is 6. The molecule has 1 aromatic carbocycles. The van der Waals surface area contributed by atoms with Crippen molar-refractivity contribution in [2.24, 2.45) is 0 Å². The monoisotopic (exact) mass is 388 g/mol. The number of nitrogens with one attached hydrogen (secondary N) is 2. The lowest BCUT2D eigenvalue weighted by molar-refractivity contribution is -0.119. The van der Waals surface area contributed by atoms with Crippen LogP contribution in [0.2, 0.25) is 0 Å². The topological polar surface area (TPSA) is 93.2 Å². The van der Waals surface area contributed by atoms with Gasteiger partial charge in [-0.2, -0.15) is 0 Å². The van der Waals surface area contributed by atoms with Crippen molar-refractivity contribution in [3.8, 4) is 0 Å². The molecular weight excluding hydrogens is 371 g/mol. The van der Waals surface area contributed by atoms with Crippen LogP contribution in [-0.2, 0) is 16.0 Å². The number of anilines is 1. The molecule has 3 aromatic rings. The van der Waals surface area contributed by atoms with E-state index in [1.807, 2.05) is 0 Å². The molecule has 0 aliphatic heterocycles. The van der Waals surface area contributed by atoms with Gasteiger partial charge in [0, 0.05) is 0 Å². The fourth-order valence-electron chi connectivity index (χ4n) is 2.52. The number of hydrazine groups is 1. The maximum Gasteiger partial charge on any atom is 0.348 e. The average Bonchev–Trinajstić information content (AvgIpc) is 3.00. The van der Waals surface area contributed by atoms with Crippen LogP contribution in [0, 0.1) is 12.7 Å². The van der Waals surface area contributed by atoms with Crippen LogP contribution in [0.3, 0.4) is 0 Å². The van der Waals surface area contributed by atoms with E-state index in [1.54, 1.807) is 26.0 Å². The lowest BCUT2D eigenvalue weighted by Crippen LogP contribution is -2.31. The molecule has 27 heavy (non-hydrogen) atoms. The third-order valence-corrected chi connectivity index (χ3v) is 4.97. The van der Waals surface area contributed by atoms with Gasteiger partial charge in [-0.25, -0.2) is 19.2 Å². The minimum absolute atomic E-state index is 0.0815. The van der Waals surface area contributed by atoms with Crippen molar-refractivity contribution in [3.63, 3.8) is 0 Å². The molecule has 3 rings (SSSR count). The molecule has 0 aliphatic rings. The van der Waals surface area contributed by atoms with E-state index >= 15 is 0 Å². The van der Waals surface area contributed by atoms with E-state index in [0.29, 0.717) is 32.0 Å². The van der Waals surface area contributed by atoms with Gasteiger partial charge in [0.1, 0.15) is 21.9 Å². The van der Waals surface area contributed by atoms with E-state index in [9.17, 15) is 14.0 Å². The highest BCUT2D eigenvalue weighted by Gasteiger charge is 2.20. The largest absolute Gasteiger partial charge is 0.462 e. The highest BCUT2D eigenvalue weighted by Crippen LogP contribution is 2.33. The van der Waals surface area contributed by atoms with E-state index in [0.717, 1.165) is 0 Å². The second kappa shape index (κ2) is 8.09. The summed E-state index contributed by atoms with van der Waals surface area (Å²) in [7, 11) is 0. The molecule has 0 bridgehead atoms. The Morgan fingerprint density at radius 3 is 2.67 bits per heavy atom. The number of nitrogens with zero attached hydrogens (tertiary/aromatic N) is 2. The Balaban J connectivity index is 1.75. The number of carbonyl (C=O) groups is 2. The van der Waals surface area contributed by atoms with Crippen LogP contribution in [0.25, 0.3) is 10.2 Å². The van der Waals surface area contributed by atoms with Crippen molar-refractivity contribution in [2.75, 3.05) is 12.0 Å². The van der Waals surface area contributed by atoms with E-state index in [-0.39, 0.29) is 24.8 Å². The number of thiophene rings is 1. The number of aryl methyl sites for hydroxylation is 1. The molecule has 0 spiro atoms. The summed E-state index contributed by atoms with van der Waals surface area (Å²) >= 11 is 1.21. The van der Waals surface area contributed by atoms with Gasteiger partial charge in [-0.3, -0.25) is 15.6 Å². The van der Waals surface area contributed by atoms with Gasteiger partial charge in [-0.05, 0) is 37.1 Å². The summed E-state index contributed by atoms with van der Waals surface area (Å²) in [5, 5.41) is 0.646. The Bertz CT molecular complexity index is 988. The van der Waals surface area contributed by atoms with Gasteiger partial charge >= 0.3 is 5.97 Å². The highest BCUT2D eigenvalue weighted by molar-refractivity contribution is 7.20. The summed E-state index contributed by atoms with van der Waals surface area (Å²) < 4.78 is 18.0. The molecule has 1 amide bonds. The minimum atomic E-state index is -0.413. The first-order valence-corrected chi connectivity index (χ1v) is 9.01. The van der Waals surface area contributed by atoms with Crippen molar-refractivity contribution in [1.82, 2.24) is 15.4 Å². The molecule has 0 saturated carbocycles. The second-order valence-corrected chi connectivity index (χ2v) is 6.65. The highest BCUT2D eigenvalue weighted by atomic mass is 32.1. The Hall–Kier alpha value is -3.07. The number of esters is 1. The molecule has 0 aliphatic carbocycles. The molecule has 7 nitrogen and oxygen atoms in total. The lowest BCUT2D eigenvalue weighted by Gasteiger charge is -2.09. The first-order chi connectivity index (χ1) is 13.0. The van der Waals surface area contributed by atoms with Gasteiger partial charge < -0.3 is 4.74 Å². The molecule has 0 radical (unpaired) electrons. The first-order valence-electron chi connectivity index (χ1n) is 8.20. The van der Waals surface area contributed by atoms with Crippen LogP contribution < -0.4 is 10.9 Å². The predicted octanol–water partition coefficient (Wildman–Crippen LogP) is 3.00. The summed E-state index contributed by atoms with van der Waals surface area (Å²) in [5.74, 6) is -0.695. The van der Waals surface area contributed by atoms with E-state index < -0.39 is 5.97 Å². The third-order valence-electron chi connectivity index (χ3n) is 3.79. The fraction of sp³-hybridized carbons (Fsp3) is 0.222. The number of benzene rings is 1. The standard InChI is InChI=1S/C18H17FN4O3S/c1-3-26-18(25)15-10(2)14-16(20-9-21-17(14)27-15)23-22-13(24)8-11-4-6-12(19)7-5-11/h4-7,9H,3,8H2,1-2H3,(H,22,24)(H,20,21,23). The number of fused-ring (bicyclic) bond motifs is 1. The predicted molar refractivity (Wildman–Crippen MR) is 100.0 cm³/mol. The van der Waals surface area contributed by atoms with Gasteiger partial charge in [0.25, 0.3) is 0 Å². The molecule has 0 fully saturated rings. The Morgan fingerprint density at radius 1 is 1.22 bits per heavy atom. The minimum Gasteiger partial charge on any atom is -0.462 e. The zero-order valence-electron chi connectivity index (χ0n) is 14.7. The molecule has 2 N–H and O–H groups in total. The average molecular weight is 388 g/mol. The van der Waals surface area contributed by atoms with Crippen molar-refractivity contribution >= 4 is 39.2 Å². The maximum absolute atomic E-state index is 12.9. The molecule has 0 saturated heterocycles. The molecule has 2 aromatic heterocycles. The molecule has 9 heteroatoms. The number of ether oxygens (including phenoxy) is 1. The zero-order valence-corrected chi connectivity index (χ0v) is 15.5. The summed E-state index contributed by atoms with van der Waals surface area (Å²) in [6, 6.07) is 5.70. The maximum atomic E-state index is 12.9. The zero-order chi connectivity index (χ0) is 19.4. The van der Waals surface area contributed by atoms with Crippen LogP contribution in [-0.4, -0.2) is 28.5 Å². The smallest absolute Gasteiger partial charge is 0.348 e. The Labute approximate surface area is 158 Å². The number of hydrogen-bond acceptors (Lipinski definition) is 7. The van der Waals surface area contributed by atoms with Gasteiger partial charge in [0.05, 0.1) is 18.4 Å². The molecule has 140 valence electrons. The van der Waals surface area contributed by atoms with Crippen LogP contribution in [0.1, 0.15) is 27.7 Å². The first kappa shape index (κ1) is 18.7. The lowest BCUT2D eigenvalue weighted by atomic mass is 10.1. The SMILES string of the molecule is CCOC(=O)c1sc2ncnc(NNC(=O)Cc3ccc(F)cc3)c2c1C. The number of halogens is 1. The number of aromatic nitrogens is 2. The van der Waals surface area contributed by atoms with E-state index in [2.05, 4.69) is 20.8 Å². The number of hydrogen-bond donors (Lipinski definition) is 2. The van der Waals surface area contributed by atoms with Gasteiger partial charge in [-0.15, -0.1) is 11.3 Å². The van der Waals surface area contributed by atoms with Gasteiger partial charge in [-0.1, -0.05) is 12.1 Å². The van der Waals surface area contributed by atoms with Crippen LogP contribution in [0.4, 0.5) is 10.2 Å². The summed E-state index contributed by atoms with van der Waals surface area (Å²) in [6.45, 7) is 3.80. The second-order valence-electron chi connectivity index (χ2n) is 5.66. The van der Waals surface area contributed by atoms with Crippen molar-refractivity contribution < 1.29 is 18.7 Å². The van der Waals surface area contributed by atoms with Crippen LogP contribution in [0.5, 0.6) is 0 Å². The molecule has 2 heterocycles. The summed E-state index contributed by atoms with van der Waals surface area (Å²) in [4.78, 5) is 33.6. The quantitative estimate of drug-likeness (QED) is 0.498. The van der Waals surface area contributed by atoms with E-state index in [1.165, 1.54) is 29.8 Å². The summed E-state index contributed by atoms with van der Waals surface area (Å²) in [5.41, 5.74) is 6.70. The van der Waals surface area contributed by atoms with Gasteiger partial charge in [0.15, 0.2) is 5.82 Å².